The third-order valence-electron chi connectivity index (χ3n) is 5.00. The van der Waals surface area contributed by atoms with Crippen molar-refractivity contribution in [3.8, 4) is 5.75 Å². The lowest BCUT2D eigenvalue weighted by atomic mass is 10.2. The first-order chi connectivity index (χ1) is 16.3. The molecule has 0 amide bonds. The Labute approximate surface area is 214 Å². The van der Waals surface area contributed by atoms with E-state index in [9.17, 15) is 13.2 Å². The van der Waals surface area contributed by atoms with Gasteiger partial charge >= 0.3 is 5.97 Å². The summed E-state index contributed by atoms with van der Waals surface area (Å²) < 4.78 is 40.1. The molecule has 0 radical (unpaired) electrons. The number of nitrogens with zero attached hydrogens (tertiary/aromatic N) is 1. The number of hydrogen-bond acceptors (Lipinski definition) is 7. The SMILES string of the molecule is CCCN(CCSc1ccc(OCC(=O)OCC)cc1)S(=O)(=O)c1sc2ccc(Cl)cc2c1C. The number of carbonyl (C=O) groups excluding carboxylic acids is 1. The zero-order valence-corrected chi connectivity index (χ0v) is 22.6. The number of aryl methyl sites for hydroxylation is 1. The Morgan fingerprint density at radius 2 is 1.85 bits per heavy atom. The van der Waals surface area contributed by atoms with E-state index in [1.54, 1.807) is 41.2 Å². The van der Waals surface area contributed by atoms with Crippen LogP contribution in [0, 0.1) is 6.92 Å². The molecule has 0 spiro atoms. The first-order valence-electron chi connectivity index (χ1n) is 11.0. The van der Waals surface area contributed by atoms with Gasteiger partial charge in [-0.2, -0.15) is 4.31 Å². The molecule has 0 saturated heterocycles. The molecule has 0 aliphatic rings. The van der Waals surface area contributed by atoms with Gasteiger partial charge in [-0.1, -0.05) is 18.5 Å². The Morgan fingerprint density at radius 1 is 1.12 bits per heavy atom. The number of halogens is 1. The molecule has 0 atom stereocenters. The van der Waals surface area contributed by atoms with Gasteiger partial charge in [0.15, 0.2) is 6.61 Å². The van der Waals surface area contributed by atoms with Crippen LogP contribution < -0.4 is 4.74 Å². The first-order valence-corrected chi connectivity index (χ1v) is 14.6. The van der Waals surface area contributed by atoms with Crippen LogP contribution in [0.25, 0.3) is 10.1 Å². The normalized spacial score (nSPS) is 11.8. The summed E-state index contributed by atoms with van der Waals surface area (Å²) in [6, 6.07) is 12.8. The van der Waals surface area contributed by atoms with Crippen molar-refractivity contribution in [2.45, 2.75) is 36.3 Å². The van der Waals surface area contributed by atoms with Crippen molar-refractivity contribution in [3.05, 3.63) is 53.1 Å². The van der Waals surface area contributed by atoms with Gasteiger partial charge in [0.05, 0.1) is 6.61 Å². The summed E-state index contributed by atoms with van der Waals surface area (Å²) in [6.45, 7) is 6.60. The number of fused-ring (bicyclic) bond motifs is 1. The standard InChI is InChI=1S/C24H28ClNO5S3/c1-4-12-26(34(28,29)24-17(3)21-15-18(25)6-11-22(21)33-24)13-14-32-20-9-7-19(8-10-20)31-16-23(27)30-5-2/h6-11,15H,4-5,12-14,16H2,1-3H3. The topological polar surface area (TPSA) is 72.9 Å². The van der Waals surface area contributed by atoms with Crippen molar-refractivity contribution in [1.82, 2.24) is 4.31 Å². The van der Waals surface area contributed by atoms with E-state index < -0.39 is 16.0 Å². The first kappa shape index (κ1) is 26.8. The van der Waals surface area contributed by atoms with E-state index in [0.717, 1.165) is 27.0 Å². The highest BCUT2D eigenvalue weighted by atomic mass is 35.5. The summed E-state index contributed by atoms with van der Waals surface area (Å²) >= 11 is 8.98. The number of carbonyl (C=O) groups is 1. The molecule has 2 aromatic carbocycles. The lowest BCUT2D eigenvalue weighted by Crippen LogP contribution is -2.33. The summed E-state index contributed by atoms with van der Waals surface area (Å²) in [6.07, 6.45) is 0.728. The summed E-state index contributed by atoms with van der Waals surface area (Å²) in [5, 5.41) is 1.48. The summed E-state index contributed by atoms with van der Waals surface area (Å²) in [5.74, 6) is 0.779. The van der Waals surface area contributed by atoms with Crippen LogP contribution in [0.5, 0.6) is 5.75 Å². The van der Waals surface area contributed by atoms with E-state index >= 15 is 0 Å². The van der Waals surface area contributed by atoms with Gasteiger partial charge in [0.25, 0.3) is 10.0 Å². The van der Waals surface area contributed by atoms with E-state index in [1.165, 1.54) is 11.3 Å². The number of sulfonamides is 1. The molecule has 0 aliphatic carbocycles. The van der Waals surface area contributed by atoms with Crippen molar-refractivity contribution >= 4 is 60.8 Å². The second-order valence-corrected chi connectivity index (χ2v) is 12.3. The molecule has 34 heavy (non-hydrogen) atoms. The molecule has 10 heteroatoms. The average molecular weight is 542 g/mol. The number of esters is 1. The van der Waals surface area contributed by atoms with Gasteiger partial charge in [0.1, 0.15) is 9.96 Å². The highest BCUT2D eigenvalue weighted by Gasteiger charge is 2.28. The zero-order valence-electron chi connectivity index (χ0n) is 19.4. The monoisotopic (exact) mass is 541 g/mol. The quantitative estimate of drug-likeness (QED) is 0.207. The maximum absolute atomic E-state index is 13.5. The zero-order chi connectivity index (χ0) is 24.7. The minimum absolute atomic E-state index is 0.131. The number of thioether (sulfide) groups is 1. The fourth-order valence-electron chi connectivity index (χ4n) is 3.38. The number of ether oxygens (including phenoxy) is 2. The summed E-state index contributed by atoms with van der Waals surface area (Å²) in [5.41, 5.74) is 0.745. The highest BCUT2D eigenvalue weighted by molar-refractivity contribution is 7.99. The minimum atomic E-state index is -3.62. The predicted octanol–water partition coefficient (Wildman–Crippen LogP) is 6.00. The van der Waals surface area contributed by atoms with Crippen LogP contribution in [-0.4, -0.2) is 50.7 Å². The van der Waals surface area contributed by atoms with Crippen molar-refractivity contribution in [3.63, 3.8) is 0 Å². The molecule has 6 nitrogen and oxygen atoms in total. The second kappa shape index (κ2) is 12.3. The van der Waals surface area contributed by atoms with Crippen LogP contribution in [0.3, 0.4) is 0 Å². The molecule has 1 aromatic heterocycles. The van der Waals surface area contributed by atoms with E-state index in [0.29, 0.717) is 40.4 Å². The maximum Gasteiger partial charge on any atom is 0.344 e. The van der Waals surface area contributed by atoms with Crippen molar-refractivity contribution < 1.29 is 22.7 Å². The van der Waals surface area contributed by atoms with Gasteiger partial charge in [-0.3, -0.25) is 0 Å². The van der Waals surface area contributed by atoms with Crippen LogP contribution in [0.15, 0.2) is 51.6 Å². The maximum atomic E-state index is 13.5. The molecule has 0 aliphatic heterocycles. The van der Waals surface area contributed by atoms with Crippen LogP contribution in [0.1, 0.15) is 25.8 Å². The fourth-order valence-corrected chi connectivity index (χ4v) is 7.96. The van der Waals surface area contributed by atoms with E-state index in [1.807, 2.05) is 38.1 Å². The fraction of sp³-hybridized carbons (Fsp3) is 0.375. The Bertz CT molecular complexity index is 1230. The molecule has 0 fully saturated rings. The van der Waals surface area contributed by atoms with Crippen molar-refractivity contribution in [2.75, 3.05) is 32.1 Å². The van der Waals surface area contributed by atoms with Crippen LogP contribution in [-0.2, 0) is 19.6 Å². The van der Waals surface area contributed by atoms with Crippen LogP contribution in [0.4, 0.5) is 0 Å². The Morgan fingerprint density at radius 3 is 2.53 bits per heavy atom. The van der Waals surface area contributed by atoms with Crippen molar-refractivity contribution in [2.24, 2.45) is 0 Å². The molecule has 0 unspecified atom stereocenters. The average Bonchev–Trinajstić information content (AvgIpc) is 3.14. The van der Waals surface area contributed by atoms with E-state index in [-0.39, 0.29) is 6.61 Å². The van der Waals surface area contributed by atoms with E-state index in [4.69, 9.17) is 21.1 Å². The molecule has 1 heterocycles. The van der Waals surface area contributed by atoms with Gasteiger partial charge in [-0.05, 0) is 73.7 Å². The largest absolute Gasteiger partial charge is 0.482 e. The predicted molar refractivity (Wildman–Crippen MR) is 140 cm³/mol. The summed E-state index contributed by atoms with van der Waals surface area (Å²) in [7, 11) is -3.62. The van der Waals surface area contributed by atoms with Crippen molar-refractivity contribution in [1.29, 1.82) is 0 Å². The van der Waals surface area contributed by atoms with Gasteiger partial charge in [0.2, 0.25) is 0 Å². The number of hydrogen-bond donors (Lipinski definition) is 0. The lowest BCUT2D eigenvalue weighted by molar-refractivity contribution is -0.145. The molecule has 0 saturated carbocycles. The molecule has 3 aromatic rings. The second-order valence-electron chi connectivity index (χ2n) is 7.47. The molecule has 3 rings (SSSR count). The van der Waals surface area contributed by atoms with Crippen LogP contribution >= 0.6 is 34.7 Å². The smallest absolute Gasteiger partial charge is 0.344 e. The molecule has 184 valence electrons. The van der Waals surface area contributed by atoms with Gasteiger partial charge in [0, 0.05) is 33.5 Å². The van der Waals surface area contributed by atoms with E-state index in [2.05, 4.69) is 0 Å². The number of thiophene rings is 1. The number of rotatable bonds is 12. The molecule has 0 bridgehead atoms. The van der Waals surface area contributed by atoms with Crippen LogP contribution in [0.2, 0.25) is 5.02 Å². The Hall–Kier alpha value is -1.78. The summed E-state index contributed by atoms with van der Waals surface area (Å²) in [4.78, 5) is 12.4. The third-order valence-corrected chi connectivity index (χ3v) is 9.99. The minimum Gasteiger partial charge on any atom is -0.482 e. The Kier molecular flexibility index (Phi) is 9.67. The third kappa shape index (κ3) is 6.66. The molecular weight excluding hydrogens is 514 g/mol. The highest BCUT2D eigenvalue weighted by Crippen LogP contribution is 2.37. The Balaban J connectivity index is 1.64. The molecule has 0 N–H and O–H groups in total. The van der Waals surface area contributed by atoms with Gasteiger partial charge in [-0.25, -0.2) is 13.2 Å². The lowest BCUT2D eigenvalue weighted by Gasteiger charge is -2.21. The van der Waals surface area contributed by atoms with Gasteiger partial charge < -0.3 is 9.47 Å². The van der Waals surface area contributed by atoms with Gasteiger partial charge in [-0.15, -0.1) is 23.1 Å². The molecular formula is C24H28ClNO5S3. The number of benzene rings is 2.